The van der Waals surface area contributed by atoms with Crippen LogP contribution in [0.2, 0.25) is 0 Å². The van der Waals surface area contributed by atoms with Gasteiger partial charge < -0.3 is 5.32 Å². The lowest BCUT2D eigenvalue weighted by Gasteiger charge is -2.13. The Kier molecular flexibility index (Phi) is 3.95. The molecule has 0 aliphatic carbocycles. The molecule has 0 spiro atoms. The molecule has 0 saturated heterocycles. The predicted octanol–water partition coefficient (Wildman–Crippen LogP) is 1.93. The van der Waals surface area contributed by atoms with E-state index in [4.69, 9.17) is 0 Å². The molecule has 0 radical (unpaired) electrons. The number of halogens is 1. The fourth-order valence-corrected chi connectivity index (χ4v) is 1.24. The highest BCUT2D eigenvalue weighted by Crippen LogP contribution is 2.13. The first-order chi connectivity index (χ1) is 6.63. The quantitative estimate of drug-likeness (QED) is 0.738. The Balaban J connectivity index is 2.69. The number of nitrogens with one attached hydrogen (secondary N) is 1. The number of carbonyl (C=O) groups is 1. The Morgan fingerprint density at radius 1 is 1.64 bits per heavy atom. The number of thiol groups is 1. The predicted molar refractivity (Wildman–Crippen MR) is 56.8 cm³/mol. The van der Waals surface area contributed by atoms with Gasteiger partial charge >= 0.3 is 0 Å². The van der Waals surface area contributed by atoms with E-state index in [-0.39, 0.29) is 23.5 Å². The van der Waals surface area contributed by atoms with Crippen LogP contribution in [0.25, 0.3) is 0 Å². The molecule has 0 saturated carbocycles. The van der Waals surface area contributed by atoms with Gasteiger partial charge in [-0.05, 0) is 24.6 Å². The molecule has 1 amide bonds. The van der Waals surface area contributed by atoms with Crippen LogP contribution in [-0.2, 0) is 4.79 Å². The molecule has 0 aliphatic rings. The Bertz CT molecular complexity index is 330. The molecule has 0 aromatic heterocycles. The van der Waals surface area contributed by atoms with Gasteiger partial charge in [-0.3, -0.25) is 4.79 Å². The van der Waals surface area contributed by atoms with Gasteiger partial charge in [-0.2, -0.15) is 12.6 Å². The van der Waals surface area contributed by atoms with Crippen LogP contribution in [0.3, 0.4) is 0 Å². The zero-order chi connectivity index (χ0) is 10.6. The van der Waals surface area contributed by atoms with Gasteiger partial charge in [-0.25, -0.2) is 4.39 Å². The first-order valence-electron chi connectivity index (χ1n) is 4.29. The number of amides is 1. The van der Waals surface area contributed by atoms with E-state index in [9.17, 15) is 9.18 Å². The van der Waals surface area contributed by atoms with E-state index >= 15 is 0 Å². The second-order valence-corrected chi connectivity index (χ2v) is 3.32. The third-order valence-corrected chi connectivity index (χ3v) is 2.16. The van der Waals surface area contributed by atoms with Gasteiger partial charge in [0.1, 0.15) is 5.82 Å². The highest BCUT2D eigenvalue weighted by molar-refractivity contribution is 7.81. The van der Waals surface area contributed by atoms with Crippen LogP contribution in [0.15, 0.2) is 24.3 Å². The van der Waals surface area contributed by atoms with Crippen molar-refractivity contribution >= 4 is 18.5 Å². The van der Waals surface area contributed by atoms with Crippen molar-refractivity contribution in [1.82, 2.24) is 5.32 Å². The Hall–Kier alpha value is -1.03. The monoisotopic (exact) mass is 213 g/mol. The van der Waals surface area contributed by atoms with Crippen molar-refractivity contribution in [1.29, 1.82) is 0 Å². The molecular weight excluding hydrogens is 201 g/mol. The number of carbonyl (C=O) groups excluding carboxylic acids is 1. The largest absolute Gasteiger partial charge is 0.349 e. The molecule has 4 heteroatoms. The lowest BCUT2D eigenvalue weighted by Crippen LogP contribution is -2.27. The van der Waals surface area contributed by atoms with Crippen LogP contribution in [0, 0.1) is 5.82 Å². The van der Waals surface area contributed by atoms with Gasteiger partial charge in [0, 0.05) is 0 Å². The molecule has 1 atom stereocenters. The van der Waals surface area contributed by atoms with E-state index in [1.54, 1.807) is 19.1 Å². The van der Waals surface area contributed by atoms with Crippen LogP contribution in [0.1, 0.15) is 18.5 Å². The maximum Gasteiger partial charge on any atom is 0.230 e. The standard InChI is InChI=1S/C10H12FNOS/c1-7(12-10(13)6-14)8-3-2-4-9(11)5-8/h2-5,7,14H,6H2,1H3,(H,12,13). The fourth-order valence-electron chi connectivity index (χ4n) is 1.15. The minimum atomic E-state index is -0.297. The van der Waals surface area contributed by atoms with E-state index in [1.807, 2.05) is 0 Å². The smallest absolute Gasteiger partial charge is 0.230 e. The minimum absolute atomic E-state index is 0.139. The number of hydrogen-bond donors (Lipinski definition) is 2. The zero-order valence-corrected chi connectivity index (χ0v) is 8.72. The van der Waals surface area contributed by atoms with Crippen LogP contribution < -0.4 is 5.32 Å². The number of hydrogen-bond acceptors (Lipinski definition) is 2. The van der Waals surface area contributed by atoms with Gasteiger partial charge in [0.15, 0.2) is 0 Å². The summed E-state index contributed by atoms with van der Waals surface area (Å²) in [6, 6.07) is 5.98. The summed E-state index contributed by atoms with van der Waals surface area (Å²) in [4.78, 5) is 11.0. The van der Waals surface area contributed by atoms with E-state index in [1.165, 1.54) is 12.1 Å². The maximum atomic E-state index is 12.8. The van der Waals surface area contributed by atoms with Crippen molar-refractivity contribution in [2.75, 3.05) is 5.75 Å². The first-order valence-corrected chi connectivity index (χ1v) is 4.92. The summed E-state index contributed by atoms with van der Waals surface area (Å²) in [5, 5.41) is 2.69. The third-order valence-electron chi connectivity index (χ3n) is 1.87. The maximum absolute atomic E-state index is 12.8. The van der Waals surface area contributed by atoms with Crippen molar-refractivity contribution in [2.24, 2.45) is 0 Å². The lowest BCUT2D eigenvalue weighted by atomic mass is 10.1. The fraction of sp³-hybridized carbons (Fsp3) is 0.300. The second kappa shape index (κ2) is 5.00. The van der Waals surface area contributed by atoms with Crippen molar-refractivity contribution < 1.29 is 9.18 Å². The molecule has 1 rings (SSSR count). The molecule has 0 bridgehead atoms. The van der Waals surface area contributed by atoms with Crippen LogP contribution in [-0.4, -0.2) is 11.7 Å². The molecule has 1 N–H and O–H groups in total. The summed E-state index contributed by atoms with van der Waals surface area (Å²) in [7, 11) is 0. The van der Waals surface area contributed by atoms with Gasteiger partial charge in [0.05, 0.1) is 11.8 Å². The van der Waals surface area contributed by atoms with Crippen molar-refractivity contribution in [3.63, 3.8) is 0 Å². The van der Waals surface area contributed by atoms with Crippen LogP contribution >= 0.6 is 12.6 Å². The summed E-state index contributed by atoms with van der Waals surface area (Å²) < 4.78 is 12.8. The molecule has 2 nitrogen and oxygen atoms in total. The summed E-state index contributed by atoms with van der Waals surface area (Å²) >= 11 is 3.84. The topological polar surface area (TPSA) is 29.1 Å². The normalized spacial score (nSPS) is 12.2. The van der Waals surface area contributed by atoms with E-state index in [2.05, 4.69) is 17.9 Å². The first kappa shape index (κ1) is 11.0. The number of benzene rings is 1. The Morgan fingerprint density at radius 3 is 2.93 bits per heavy atom. The highest BCUT2D eigenvalue weighted by Gasteiger charge is 2.08. The molecule has 76 valence electrons. The molecule has 0 aliphatic heterocycles. The molecule has 1 aromatic carbocycles. The molecule has 0 fully saturated rings. The van der Waals surface area contributed by atoms with Crippen molar-refractivity contribution in [2.45, 2.75) is 13.0 Å². The second-order valence-electron chi connectivity index (χ2n) is 3.00. The number of rotatable bonds is 3. The van der Waals surface area contributed by atoms with E-state index in [0.717, 1.165) is 5.56 Å². The van der Waals surface area contributed by atoms with Crippen molar-refractivity contribution in [3.8, 4) is 0 Å². The molecule has 0 heterocycles. The average Bonchev–Trinajstić information content (AvgIpc) is 2.17. The van der Waals surface area contributed by atoms with E-state index < -0.39 is 0 Å². The summed E-state index contributed by atoms with van der Waals surface area (Å²) in [6.07, 6.45) is 0. The summed E-state index contributed by atoms with van der Waals surface area (Å²) in [5.74, 6) is -0.320. The Labute approximate surface area is 87.9 Å². The average molecular weight is 213 g/mol. The highest BCUT2D eigenvalue weighted by atomic mass is 32.1. The SMILES string of the molecule is CC(NC(=O)CS)c1cccc(F)c1. The molecule has 14 heavy (non-hydrogen) atoms. The van der Waals surface area contributed by atoms with E-state index in [0.29, 0.717) is 0 Å². The Morgan fingerprint density at radius 2 is 2.36 bits per heavy atom. The van der Waals surface area contributed by atoms with Crippen LogP contribution in [0.5, 0.6) is 0 Å². The van der Waals surface area contributed by atoms with Gasteiger partial charge in [0.25, 0.3) is 0 Å². The van der Waals surface area contributed by atoms with Gasteiger partial charge in [-0.1, -0.05) is 12.1 Å². The van der Waals surface area contributed by atoms with Gasteiger partial charge in [0.2, 0.25) is 5.91 Å². The third kappa shape index (κ3) is 3.03. The summed E-state index contributed by atoms with van der Waals surface area (Å²) in [5.41, 5.74) is 0.750. The van der Waals surface area contributed by atoms with Crippen molar-refractivity contribution in [3.05, 3.63) is 35.6 Å². The van der Waals surface area contributed by atoms with Crippen LogP contribution in [0.4, 0.5) is 4.39 Å². The lowest BCUT2D eigenvalue weighted by molar-refractivity contribution is -0.119. The molecule has 1 aromatic rings. The molecule has 1 unspecified atom stereocenters. The minimum Gasteiger partial charge on any atom is -0.349 e. The summed E-state index contributed by atoms with van der Waals surface area (Å²) in [6.45, 7) is 1.80. The molecular formula is C10H12FNOS. The zero-order valence-electron chi connectivity index (χ0n) is 7.83. The van der Waals surface area contributed by atoms with Gasteiger partial charge in [-0.15, -0.1) is 0 Å².